The smallest absolute Gasteiger partial charge is 0.415 e. The van der Waals surface area contributed by atoms with E-state index >= 15 is 0 Å². The number of benzene rings is 1. The molecule has 9 nitrogen and oxygen atoms in total. The van der Waals surface area contributed by atoms with Crippen LogP contribution in [0.5, 0.6) is 5.75 Å². The van der Waals surface area contributed by atoms with Crippen LogP contribution in [0.15, 0.2) is 24.3 Å². The monoisotopic (exact) mass is 464 g/mol. The predicted octanol–water partition coefficient (Wildman–Crippen LogP) is 2.06. The number of piperazine rings is 1. The zero-order chi connectivity index (χ0) is 23.5. The fourth-order valence-electron chi connectivity index (χ4n) is 5.64. The number of amides is 2. The van der Waals surface area contributed by atoms with E-state index in [0.717, 1.165) is 32.4 Å². The number of hydrogen-bond donors (Lipinski definition) is 2. The molecule has 3 fully saturated rings. The lowest BCUT2D eigenvalue weighted by molar-refractivity contribution is -0.0333. The van der Waals surface area contributed by atoms with E-state index in [9.17, 15) is 19.1 Å². The Kier molecular flexibility index (Phi) is 7.35. The van der Waals surface area contributed by atoms with Crippen molar-refractivity contribution in [3.05, 3.63) is 30.1 Å². The van der Waals surface area contributed by atoms with Crippen molar-refractivity contribution < 1.29 is 28.6 Å². The maximum absolute atomic E-state index is 13.2. The summed E-state index contributed by atoms with van der Waals surface area (Å²) in [4.78, 5) is 29.3. The van der Waals surface area contributed by atoms with Crippen LogP contribution in [0.4, 0.5) is 14.0 Å². The number of carbonyl (C=O) groups excluding carboxylic acids is 2. The van der Waals surface area contributed by atoms with Crippen LogP contribution in [0.2, 0.25) is 0 Å². The van der Waals surface area contributed by atoms with Crippen molar-refractivity contribution in [2.45, 2.75) is 44.3 Å². The summed E-state index contributed by atoms with van der Waals surface area (Å²) in [5.41, 5.74) is 3.34. The molecule has 3 aliphatic rings. The minimum atomic E-state index is -0.486. The number of methoxy groups -OCH3 is 1. The molecule has 1 aromatic carbocycles. The van der Waals surface area contributed by atoms with E-state index in [1.54, 1.807) is 9.80 Å². The maximum Gasteiger partial charge on any atom is 0.415 e. The Morgan fingerprint density at radius 2 is 1.88 bits per heavy atom. The van der Waals surface area contributed by atoms with E-state index in [0.29, 0.717) is 24.9 Å². The standard InChI is InChI=1S/C23H33FN4O5/c1-15-13-27(22(30)33-19-6-4-18(24)5-7-19)21-11-16(17-12-25-26(14-17)9-10-29)3-8-20(21)28(15)23(31)32-2/h4-7,15-17,20-21,25,29H,3,8-14H2,1-2H3/t15-,16?,17?,20?,21?/m0/s1. The second-order valence-corrected chi connectivity index (χ2v) is 9.20. The third-order valence-corrected chi connectivity index (χ3v) is 7.22. The highest BCUT2D eigenvalue weighted by atomic mass is 19.1. The Morgan fingerprint density at radius 1 is 1.12 bits per heavy atom. The molecule has 2 aliphatic heterocycles. The van der Waals surface area contributed by atoms with Crippen LogP contribution in [0, 0.1) is 17.7 Å². The lowest BCUT2D eigenvalue weighted by Gasteiger charge is -2.53. The molecule has 182 valence electrons. The molecule has 1 aliphatic carbocycles. The van der Waals surface area contributed by atoms with Gasteiger partial charge in [0.2, 0.25) is 0 Å². The molecule has 4 unspecified atom stereocenters. The van der Waals surface area contributed by atoms with Crippen LogP contribution in [-0.2, 0) is 4.74 Å². The van der Waals surface area contributed by atoms with Crippen LogP contribution in [0.1, 0.15) is 26.2 Å². The molecular formula is C23H33FN4O5. The molecule has 2 N–H and O–H groups in total. The first kappa shape index (κ1) is 23.7. The number of hydrogen-bond acceptors (Lipinski definition) is 7. The molecule has 0 radical (unpaired) electrons. The average molecular weight is 465 g/mol. The lowest BCUT2D eigenvalue weighted by Crippen LogP contribution is -2.67. The molecule has 0 bridgehead atoms. The summed E-state index contributed by atoms with van der Waals surface area (Å²) in [5, 5.41) is 11.3. The van der Waals surface area contributed by atoms with Crippen LogP contribution < -0.4 is 10.2 Å². The molecular weight excluding hydrogens is 431 g/mol. The number of rotatable bonds is 4. The van der Waals surface area contributed by atoms with Crippen molar-refractivity contribution >= 4 is 12.2 Å². The normalized spacial score (nSPS) is 30.1. The van der Waals surface area contributed by atoms with Gasteiger partial charge in [0.15, 0.2) is 0 Å². The number of aliphatic hydroxyl groups is 1. The van der Waals surface area contributed by atoms with Gasteiger partial charge in [-0.05, 0) is 62.3 Å². The summed E-state index contributed by atoms with van der Waals surface area (Å²) >= 11 is 0. The number of carbonyl (C=O) groups is 2. The minimum Gasteiger partial charge on any atom is -0.453 e. The van der Waals surface area contributed by atoms with E-state index in [-0.39, 0.29) is 36.6 Å². The van der Waals surface area contributed by atoms with E-state index < -0.39 is 11.9 Å². The lowest BCUT2D eigenvalue weighted by atomic mass is 9.73. The number of ether oxygens (including phenoxy) is 2. The number of nitrogens with one attached hydrogen (secondary N) is 1. The van der Waals surface area contributed by atoms with E-state index in [1.807, 2.05) is 11.9 Å². The maximum atomic E-state index is 13.2. The molecule has 2 saturated heterocycles. The van der Waals surface area contributed by atoms with Gasteiger partial charge in [-0.3, -0.25) is 10.3 Å². The topological polar surface area (TPSA) is 94.6 Å². The molecule has 33 heavy (non-hydrogen) atoms. The molecule has 10 heteroatoms. The second-order valence-electron chi connectivity index (χ2n) is 9.20. The summed E-state index contributed by atoms with van der Waals surface area (Å²) in [7, 11) is 1.38. The van der Waals surface area contributed by atoms with Crippen molar-refractivity contribution in [3.8, 4) is 5.75 Å². The summed E-state index contributed by atoms with van der Waals surface area (Å²) in [6.45, 7) is 4.61. The van der Waals surface area contributed by atoms with Gasteiger partial charge in [0, 0.05) is 26.2 Å². The zero-order valence-electron chi connectivity index (χ0n) is 19.2. The highest BCUT2D eigenvalue weighted by Gasteiger charge is 2.49. The van der Waals surface area contributed by atoms with Gasteiger partial charge in [-0.15, -0.1) is 0 Å². The average Bonchev–Trinajstić information content (AvgIpc) is 3.28. The van der Waals surface area contributed by atoms with Crippen molar-refractivity contribution in [1.29, 1.82) is 0 Å². The first-order valence-corrected chi connectivity index (χ1v) is 11.6. The highest BCUT2D eigenvalue weighted by molar-refractivity contribution is 5.73. The first-order valence-electron chi connectivity index (χ1n) is 11.6. The molecule has 1 saturated carbocycles. The third-order valence-electron chi connectivity index (χ3n) is 7.22. The van der Waals surface area contributed by atoms with Gasteiger partial charge in [-0.25, -0.2) is 19.0 Å². The van der Waals surface area contributed by atoms with Crippen molar-refractivity contribution in [2.75, 3.05) is 39.9 Å². The molecule has 1 aromatic rings. The molecule has 0 spiro atoms. The second kappa shape index (κ2) is 10.2. The van der Waals surface area contributed by atoms with E-state index in [4.69, 9.17) is 9.47 Å². The van der Waals surface area contributed by atoms with Gasteiger partial charge in [-0.2, -0.15) is 0 Å². The van der Waals surface area contributed by atoms with Crippen molar-refractivity contribution in [3.63, 3.8) is 0 Å². The quantitative estimate of drug-likeness (QED) is 0.704. The summed E-state index contributed by atoms with van der Waals surface area (Å²) in [6.07, 6.45) is 1.61. The van der Waals surface area contributed by atoms with E-state index in [2.05, 4.69) is 5.43 Å². The van der Waals surface area contributed by atoms with Gasteiger partial charge in [0.1, 0.15) is 11.6 Å². The molecule has 0 aromatic heterocycles. The van der Waals surface area contributed by atoms with Gasteiger partial charge in [-0.1, -0.05) is 0 Å². The minimum absolute atomic E-state index is 0.101. The Labute approximate surface area is 193 Å². The fraction of sp³-hybridized carbons (Fsp3) is 0.652. The van der Waals surface area contributed by atoms with Crippen molar-refractivity contribution in [1.82, 2.24) is 20.2 Å². The number of aliphatic hydroxyl groups excluding tert-OH is 1. The van der Waals surface area contributed by atoms with Crippen LogP contribution in [-0.4, -0.2) is 90.1 Å². The molecule has 2 heterocycles. The van der Waals surface area contributed by atoms with Crippen LogP contribution >= 0.6 is 0 Å². The first-order chi connectivity index (χ1) is 15.9. The largest absolute Gasteiger partial charge is 0.453 e. The number of β-amino-alcohol motifs (C(OH)–C–C–N with tert-alkyl or cyclic N) is 1. The third kappa shape index (κ3) is 5.07. The van der Waals surface area contributed by atoms with Gasteiger partial charge >= 0.3 is 12.2 Å². The SMILES string of the molecule is COC(=O)N1C2CCC(C3CNN(CCO)C3)CC2N(C(=O)Oc2ccc(F)cc2)C[C@@H]1C. The van der Waals surface area contributed by atoms with Crippen LogP contribution in [0.3, 0.4) is 0 Å². The number of hydrazine groups is 1. The Bertz CT molecular complexity index is 841. The predicted molar refractivity (Wildman–Crippen MR) is 118 cm³/mol. The van der Waals surface area contributed by atoms with Gasteiger partial charge < -0.3 is 19.5 Å². The highest BCUT2D eigenvalue weighted by Crippen LogP contribution is 2.40. The Morgan fingerprint density at radius 3 is 2.58 bits per heavy atom. The number of nitrogens with zero attached hydrogens (tertiary/aromatic N) is 3. The van der Waals surface area contributed by atoms with E-state index in [1.165, 1.54) is 31.4 Å². The summed E-state index contributed by atoms with van der Waals surface area (Å²) < 4.78 is 23.9. The zero-order valence-corrected chi connectivity index (χ0v) is 19.2. The Hall–Kier alpha value is -2.43. The Balaban J connectivity index is 1.52. The van der Waals surface area contributed by atoms with Gasteiger partial charge in [0.05, 0.1) is 31.8 Å². The molecule has 2 amide bonds. The molecule has 4 rings (SSSR count). The summed E-state index contributed by atoms with van der Waals surface area (Å²) in [5.74, 6) is 0.661. The van der Waals surface area contributed by atoms with Crippen LogP contribution in [0.25, 0.3) is 0 Å². The summed E-state index contributed by atoms with van der Waals surface area (Å²) in [6, 6.07) is 4.81. The number of halogens is 1. The van der Waals surface area contributed by atoms with Crippen molar-refractivity contribution in [2.24, 2.45) is 11.8 Å². The van der Waals surface area contributed by atoms with Gasteiger partial charge in [0.25, 0.3) is 0 Å². The molecule has 5 atom stereocenters. The fourth-order valence-corrected chi connectivity index (χ4v) is 5.64. The number of fused-ring (bicyclic) bond motifs is 1.